The fourth-order valence-electron chi connectivity index (χ4n) is 1.81. The Morgan fingerprint density at radius 3 is 2.43 bits per heavy atom. The van der Waals surface area contributed by atoms with Crippen molar-refractivity contribution in [2.75, 3.05) is 12.4 Å². The molecule has 2 rings (SSSR count). The SMILES string of the molecule is CNC(=O)c1ccc(NC(C)c2ccc(C#N)cc2)nn1. The van der Waals surface area contributed by atoms with E-state index in [-0.39, 0.29) is 17.6 Å². The van der Waals surface area contributed by atoms with E-state index in [2.05, 4.69) is 26.9 Å². The minimum Gasteiger partial charge on any atom is -0.362 e. The van der Waals surface area contributed by atoms with Crippen LogP contribution in [0.4, 0.5) is 5.82 Å². The summed E-state index contributed by atoms with van der Waals surface area (Å²) in [5.74, 6) is 0.314. The average molecular weight is 281 g/mol. The summed E-state index contributed by atoms with van der Waals surface area (Å²) in [7, 11) is 1.54. The standard InChI is InChI=1S/C15H15N5O/c1-10(12-5-3-11(9-16)4-6-12)18-14-8-7-13(19-20-14)15(21)17-2/h3-8,10H,1-2H3,(H,17,21)(H,18,20). The van der Waals surface area contributed by atoms with Gasteiger partial charge in [0.15, 0.2) is 5.69 Å². The molecule has 1 amide bonds. The maximum atomic E-state index is 11.4. The Balaban J connectivity index is 2.06. The van der Waals surface area contributed by atoms with Crippen LogP contribution >= 0.6 is 0 Å². The molecule has 0 fully saturated rings. The van der Waals surface area contributed by atoms with Gasteiger partial charge in [0.2, 0.25) is 0 Å². The monoisotopic (exact) mass is 281 g/mol. The smallest absolute Gasteiger partial charge is 0.271 e. The number of rotatable bonds is 4. The molecule has 6 heteroatoms. The second kappa shape index (κ2) is 6.48. The largest absolute Gasteiger partial charge is 0.362 e. The number of carbonyl (C=O) groups excluding carboxylic acids is 1. The van der Waals surface area contributed by atoms with E-state index in [0.717, 1.165) is 5.56 Å². The van der Waals surface area contributed by atoms with Crippen molar-refractivity contribution >= 4 is 11.7 Å². The van der Waals surface area contributed by atoms with Gasteiger partial charge in [0, 0.05) is 13.1 Å². The molecule has 1 unspecified atom stereocenters. The van der Waals surface area contributed by atoms with Gasteiger partial charge in [-0.1, -0.05) is 12.1 Å². The molecule has 0 bridgehead atoms. The zero-order valence-corrected chi connectivity index (χ0v) is 11.8. The van der Waals surface area contributed by atoms with Crippen molar-refractivity contribution in [2.45, 2.75) is 13.0 Å². The molecular formula is C15H15N5O. The van der Waals surface area contributed by atoms with E-state index in [1.165, 1.54) is 0 Å². The summed E-state index contributed by atoms with van der Waals surface area (Å²) < 4.78 is 0. The van der Waals surface area contributed by atoms with Gasteiger partial charge in [-0.05, 0) is 36.8 Å². The van der Waals surface area contributed by atoms with Gasteiger partial charge in [-0.3, -0.25) is 4.79 Å². The Labute approximate surface area is 122 Å². The highest BCUT2D eigenvalue weighted by Gasteiger charge is 2.09. The lowest BCUT2D eigenvalue weighted by atomic mass is 10.1. The van der Waals surface area contributed by atoms with Gasteiger partial charge in [-0.25, -0.2) is 0 Å². The molecule has 0 radical (unpaired) electrons. The maximum absolute atomic E-state index is 11.4. The van der Waals surface area contributed by atoms with Crippen molar-refractivity contribution in [1.29, 1.82) is 5.26 Å². The van der Waals surface area contributed by atoms with Crippen molar-refractivity contribution in [3.05, 3.63) is 53.2 Å². The zero-order valence-electron chi connectivity index (χ0n) is 11.8. The fourth-order valence-corrected chi connectivity index (χ4v) is 1.81. The van der Waals surface area contributed by atoms with E-state index in [1.807, 2.05) is 19.1 Å². The van der Waals surface area contributed by atoms with Gasteiger partial charge in [-0.15, -0.1) is 10.2 Å². The first kappa shape index (κ1) is 14.5. The molecule has 1 atom stereocenters. The van der Waals surface area contributed by atoms with E-state index < -0.39 is 0 Å². The summed E-state index contributed by atoms with van der Waals surface area (Å²) in [6, 6.07) is 12.7. The van der Waals surface area contributed by atoms with Gasteiger partial charge >= 0.3 is 0 Å². The third kappa shape index (κ3) is 3.54. The molecule has 2 aromatic rings. The molecule has 0 saturated carbocycles. The van der Waals surface area contributed by atoms with Crippen LogP contribution in [0.1, 0.15) is 34.6 Å². The van der Waals surface area contributed by atoms with Crippen molar-refractivity contribution in [2.24, 2.45) is 0 Å². The minimum absolute atomic E-state index is 0.0119. The highest BCUT2D eigenvalue weighted by Crippen LogP contribution is 2.17. The first-order valence-corrected chi connectivity index (χ1v) is 6.46. The normalized spacial score (nSPS) is 11.3. The predicted molar refractivity (Wildman–Crippen MR) is 78.6 cm³/mol. The van der Waals surface area contributed by atoms with E-state index in [0.29, 0.717) is 11.4 Å². The molecular weight excluding hydrogens is 266 g/mol. The maximum Gasteiger partial charge on any atom is 0.271 e. The van der Waals surface area contributed by atoms with Crippen LogP contribution in [-0.4, -0.2) is 23.2 Å². The average Bonchev–Trinajstić information content (AvgIpc) is 2.55. The highest BCUT2D eigenvalue weighted by molar-refractivity contribution is 5.91. The lowest BCUT2D eigenvalue weighted by Crippen LogP contribution is -2.20. The van der Waals surface area contributed by atoms with Crippen molar-refractivity contribution in [3.63, 3.8) is 0 Å². The fraction of sp³-hybridized carbons (Fsp3) is 0.200. The van der Waals surface area contributed by atoms with Crippen LogP contribution in [0.15, 0.2) is 36.4 Å². The summed E-state index contributed by atoms with van der Waals surface area (Å²) in [5, 5.41) is 22.3. The molecule has 1 aromatic carbocycles. The van der Waals surface area contributed by atoms with Crippen molar-refractivity contribution in [1.82, 2.24) is 15.5 Å². The van der Waals surface area contributed by atoms with Crippen LogP contribution in [-0.2, 0) is 0 Å². The van der Waals surface area contributed by atoms with E-state index >= 15 is 0 Å². The number of hydrogen-bond acceptors (Lipinski definition) is 5. The van der Waals surface area contributed by atoms with Gasteiger partial charge in [0.25, 0.3) is 5.91 Å². The van der Waals surface area contributed by atoms with Gasteiger partial charge in [0.05, 0.1) is 11.6 Å². The molecule has 1 heterocycles. The molecule has 0 saturated heterocycles. The predicted octanol–water partition coefficient (Wildman–Crippen LogP) is 1.88. The van der Waals surface area contributed by atoms with Crippen LogP contribution in [0.3, 0.4) is 0 Å². The number of carbonyl (C=O) groups is 1. The van der Waals surface area contributed by atoms with Crippen molar-refractivity contribution in [3.8, 4) is 6.07 Å². The molecule has 0 aliphatic carbocycles. The molecule has 0 aliphatic heterocycles. The third-order valence-electron chi connectivity index (χ3n) is 3.03. The van der Waals surface area contributed by atoms with Crippen LogP contribution < -0.4 is 10.6 Å². The summed E-state index contributed by atoms with van der Waals surface area (Å²) >= 11 is 0. The number of hydrogen-bond donors (Lipinski definition) is 2. The Morgan fingerprint density at radius 2 is 1.90 bits per heavy atom. The third-order valence-corrected chi connectivity index (χ3v) is 3.03. The molecule has 0 spiro atoms. The number of anilines is 1. The summed E-state index contributed by atoms with van der Waals surface area (Å²) in [6.45, 7) is 1.98. The molecule has 6 nitrogen and oxygen atoms in total. The number of amides is 1. The number of nitrogens with one attached hydrogen (secondary N) is 2. The van der Waals surface area contributed by atoms with E-state index in [1.54, 1.807) is 31.3 Å². The lowest BCUT2D eigenvalue weighted by Gasteiger charge is -2.14. The van der Waals surface area contributed by atoms with E-state index in [9.17, 15) is 4.79 Å². The van der Waals surface area contributed by atoms with E-state index in [4.69, 9.17) is 5.26 Å². The molecule has 106 valence electrons. The van der Waals surface area contributed by atoms with Crippen LogP contribution in [0.25, 0.3) is 0 Å². The number of nitrogens with zero attached hydrogens (tertiary/aromatic N) is 3. The Morgan fingerprint density at radius 1 is 1.19 bits per heavy atom. The molecule has 21 heavy (non-hydrogen) atoms. The first-order valence-electron chi connectivity index (χ1n) is 6.46. The quantitative estimate of drug-likeness (QED) is 0.893. The number of aromatic nitrogens is 2. The Bertz CT molecular complexity index is 658. The van der Waals surface area contributed by atoms with Crippen molar-refractivity contribution < 1.29 is 4.79 Å². The topological polar surface area (TPSA) is 90.7 Å². The number of benzene rings is 1. The van der Waals surface area contributed by atoms with Gasteiger partial charge in [0.1, 0.15) is 5.82 Å². The number of nitriles is 1. The minimum atomic E-state index is -0.269. The summed E-state index contributed by atoms with van der Waals surface area (Å²) in [4.78, 5) is 11.4. The second-order valence-electron chi connectivity index (χ2n) is 4.48. The van der Waals surface area contributed by atoms with Gasteiger partial charge in [-0.2, -0.15) is 5.26 Å². The summed E-state index contributed by atoms with van der Waals surface area (Å²) in [5.41, 5.74) is 1.93. The van der Waals surface area contributed by atoms with Crippen LogP contribution in [0, 0.1) is 11.3 Å². The summed E-state index contributed by atoms with van der Waals surface area (Å²) in [6.07, 6.45) is 0. The Hall–Kier alpha value is -2.94. The van der Waals surface area contributed by atoms with Crippen LogP contribution in [0.2, 0.25) is 0 Å². The zero-order chi connectivity index (χ0) is 15.2. The van der Waals surface area contributed by atoms with Crippen LogP contribution in [0.5, 0.6) is 0 Å². The lowest BCUT2D eigenvalue weighted by molar-refractivity contribution is 0.0957. The highest BCUT2D eigenvalue weighted by atomic mass is 16.1. The first-order chi connectivity index (χ1) is 10.1. The molecule has 1 aromatic heterocycles. The second-order valence-corrected chi connectivity index (χ2v) is 4.48. The molecule has 2 N–H and O–H groups in total. The molecule has 0 aliphatic rings. The Kier molecular flexibility index (Phi) is 4.46. The van der Waals surface area contributed by atoms with Gasteiger partial charge < -0.3 is 10.6 Å².